The quantitative estimate of drug-likeness (QED) is 0.0397. The number of amides is 4. The van der Waals surface area contributed by atoms with E-state index in [1.165, 1.54) is 6.92 Å². The average molecular weight is 575 g/mol. The molecule has 39 heavy (non-hydrogen) atoms. The van der Waals surface area contributed by atoms with Crippen molar-refractivity contribution in [2.75, 3.05) is 12.3 Å². The van der Waals surface area contributed by atoms with E-state index >= 15 is 0 Å². The number of thiol groups is 1. The standard InChI is InChI=1S/C24H46N8O6S/c1-12(2)9-16(30-19(33)14(5)25)22(36)31-17(10-13(3)4)21(35)29-15(7-6-8-28-24(26)27)20(34)32-18(11-39)23(37)38/h12-18,39H,6-11,25H2,1-5H3,(H,29,35)(H,30,33)(H,31,36)(H,32,34)(H,37,38)(H4,26,27,28)/t14-,15-,16-,17-,18-/m0/s1. The largest absolute Gasteiger partial charge is 0.480 e. The minimum Gasteiger partial charge on any atom is -0.480 e. The molecule has 0 heterocycles. The molecule has 0 spiro atoms. The van der Waals surface area contributed by atoms with Crippen molar-refractivity contribution in [1.82, 2.24) is 21.3 Å². The third kappa shape index (κ3) is 15.2. The van der Waals surface area contributed by atoms with E-state index < -0.39 is 59.8 Å². The Kier molecular flexibility index (Phi) is 16.8. The smallest absolute Gasteiger partial charge is 0.327 e. The third-order valence-electron chi connectivity index (χ3n) is 5.47. The van der Waals surface area contributed by atoms with Crippen LogP contribution in [0.2, 0.25) is 0 Å². The first-order valence-electron chi connectivity index (χ1n) is 12.9. The lowest BCUT2D eigenvalue weighted by Crippen LogP contribution is -2.58. The van der Waals surface area contributed by atoms with Gasteiger partial charge in [-0.25, -0.2) is 4.79 Å². The van der Waals surface area contributed by atoms with Gasteiger partial charge in [0.25, 0.3) is 0 Å². The number of carboxylic acids is 1. The number of carboxylic acid groups (broad SMARTS) is 1. The lowest BCUT2D eigenvalue weighted by atomic mass is 9.99. The van der Waals surface area contributed by atoms with Crippen LogP contribution in [-0.4, -0.2) is 83.2 Å². The molecule has 11 N–H and O–H groups in total. The molecule has 5 atom stereocenters. The van der Waals surface area contributed by atoms with Gasteiger partial charge in [-0.1, -0.05) is 27.7 Å². The van der Waals surface area contributed by atoms with E-state index in [4.69, 9.17) is 17.2 Å². The molecule has 0 unspecified atom stereocenters. The van der Waals surface area contributed by atoms with E-state index in [9.17, 15) is 29.1 Å². The van der Waals surface area contributed by atoms with Crippen LogP contribution in [0.3, 0.4) is 0 Å². The topological polar surface area (TPSA) is 244 Å². The summed E-state index contributed by atoms with van der Waals surface area (Å²) in [4.78, 5) is 66.8. The lowest BCUT2D eigenvalue weighted by molar-refractivity contribution is -0.141. The van der Waals surface area contributed by atoms with Crippen molar-refractivity contribution in [1.29, 1.82) is 0 Å². The maximum absolute atomic E-state index is 13.3. The van der Waals surface area contributed by atoms with Crippen LogP contribution in [-0.2, 0) is 24.0 Å². The van der Waals surface area contributed by atoms with Gasteiger partial charge in [0.1, 0.15) is 24.2 Å². The summed E-state index contributed by atoms with van der Waals surface area (Å²) in [6.45, 7) is 9.17. The Balaban J connectivity index is 5.83. The fraction of sp³-hybridized carbons (Fsp3) is 0.750. The van der Waals surface area contributed by atoms with Gasteiger partial charge < -0.3 is 43.6 Å². The molecule has 0 radical (unpaired) electrons. The van der Waals surface area contributed by atoms with Crippen molar-refractivity contribution >= 4 is 48.2 Å². The normalized spacial score (nSPS) is 14.9. The van der Waals surface area contributed by atoms with Gasteiger partial charge >= 0.3 is 5.97 Å². The fourth-order valence-corrected chi connectivity index (χ4v) is 3.73. The van der Waals surface area contributed by atoms with E-state index in [2.05, 4.69) is 38.9 Å². The summed E-state index contributed by atoms with van der Waals surface area (Å²) in [5.74, 6) is -3.97. The highest BCUT2D eigenvalue weighted by molar-refractivity contribution is 7.80. The number of hydrogen-bond donors (Lipinski definition) is 9. The summed E-state index contributed by atoms with van der Waals surface area (Å²) in [5, 5.41) is 19.6. The molecule has 0 saturated heterocycles. The number of aliphatic carboxylic acids is 1. The lowest BCUT2D eigenvalue weighted by Gasteiger charge is -2.27. The van der Waals surface area contributed by atoms with E-state index in [1.807, 2.05) is 27.7 Å². The zero-order chi connectivity index (χ0) is 30.3. The van der Waals surface area contributed by atoms with Crippen molar-refractivity contribution in [3.05, 3.63) is 0 Å². The number of nitrogens with zero attached hydrogens (tertiary/aromatic N) is 1. The highest BCUT2D eigenvalue weighted by Gasteiger charge is 2.31. The van der Waals surface area contributed by atoms with Crippen LogP contribution >= 0.6 is 12.6 Å². The molecule has 14 nitrogen and oxygen atoms in total. The summed E-state index contributed by atoms with van der Waals surface area (Å²) in [7, 11) is 0. The first-order valence-corrected chi connectivity index (χ1v) is 13.6. The number of carbonyl (C=O) groups excluding carboxylic acids is 4. The van der Waals surface area contributed by atoms with Crippen molar-refractivity contribution in [2.24, 2.45) is 34.0 Å². The predicted octanol–water partition coefficient (Wildman–Crippen LogP) is -1.57. The molecule has 4 amide bonds. The molecule has 0 aliphatic heterocycles. The highest BCUT2D eigenvalue weighted by atomic mass is 32.1. The first-order chi connectivity index (χ1) is 18.1. The molecule has 15 heteroatoms. The van der Waals surface area contributed by atoms with Gasteiger partial charge in [0.15, 0.2) is 5.96 Å². The molecule has 0 rings (SSSR count). The van der Waals surface area contributed by atoms with Crippen LogP contribution in [0, 0.1) is 11.8 Å². The van der Waals surface area contributed by atoms with E-state index in [1.54, 1.807) is 0 Å². The second-order valence-electron chi connectivity index (χ2n) is 10.3. The van der Waals surface area contributed by atoms with Crippen molar-refractivity contribution < 1.29 is 29.1 Å². The van der Waals surface area contributed by atoms with E-state index in [0.29, 0.717) is 12.8 Å². The van der Waals surface area contributed by atoms with E-state index in [-0.39, 0.29) is 42.9 Å². The number of carbonyl (C=O) groups is 5. The molecule has 0 aromatic rings. The molecule has 0 bridgehead atoms. The number of aliphatic imine (C=N–C) groups is 1. The molecule has 0 aliphatic rings. The number of nitrogens with two attached hydrogens (primary N) is 3. The molecule has 0 aromatic carbocycles. The Morgan fingerprint density at radius 1 is 0.744 bits per heavy atom. The zero-order valence-corrected chi connectivity index (χ0v) is 24.3. The zero-order valence-electron chi connectivity index (χ0n) is 23.4. The average Bonchev–Trinajstić information content (AvgIpc) is 2.81. The predicted molar refractivity (Wildman–Crippen MR) is 152 cm³/mol. The Labute approximate surface area is 235 Å². The first kappa shape index (κ1) is 35.9. The number of rotatable bonds is 18. The van der Waals surface area contributed by atoms with Crippen LogP contribution < -0.4 is 38.5 Å². The van der Waals surface area contributed by atoms with Gasteiger partial charge in [-0.3, -0.25) is 24.2 Å². The molecule has 0 aliphatic carbocycles. The van der Waals surface area contributed by atoms with Crippen LogP contribution in [0.4, 0.5) is 0 Å². The van der Waals surface area contributed by atoms with Crippen LogP contribution in [0.15, 0.2) is 4.99 Å². The monoisotopic (exact) mass is 574 g/mol. The molecule has 224 valence electrons. The van der Waals surface area contributed by atoms with Crippen molar-refractivity contribution in [3.8, 4) is 0 Å². The van der Waals surface area contributed by atoms with Crippen molar-refractivity contribution in [3.63, 3.8) is 0 Å². The molecule has 0 fully saturated rings. The maximum Gasteiger partial charge on any atom is 0.327 e. The summed E-state index contributed by atoms with van der Waals surface area (Å²) in [6, 6.07) is -5.19. The van der Waals surface area contributed by atoms with Gasteiger partial charge in [0.05, 0.1) is 6.04 Å². The molecular weight excluding hydrogens is 528 g/mol. The van der Waals surface area contributed by atoms with Gasteiger partial charge in [0.2, 0.25) is 23.6 Å². The number of hydrogen-bond acceptors (Lipinski definition) is 8. The summed E-state index contributed by atoms with van der Waals surface area (Å²) in [5.41, 5.74) is 16.3. The Morgan fingerprint density at radius 2 is 1.15 bits per heavy atom. The van der Waals surface area contributed by atoms with Crippen LogP contribution in [0.25, 0.3) is 0 Å². The fourth-order valence-electron chi connectivity index (χ4n) is 3.48. The second kappa shape index (κ2) is 18.3. The van der Waals surface area contributed by atoms with Crippen LogP contribution in [0.5, 0.6) is 0 Å². The minimum atomic E-state index is -1.28. The van der Waals surface area contributed by atoms with Gasteiger partial charge in [-0.2, -0.15) is 12.6 Å². The number of guanidine groups is 1. The third-order valence-corrected chi connectivity index (χ3v) is 5.83. The highest BCUT2D eigenvalue weighted by Crippen LogP contribution is 2.10. The van der Waals surface area contributed by atoms with Crippen LogP contribution in [0.1, 0.15) is 60.3 Å². The molecular formula is C24H46N8O6S. The van der Waals surface area contributed by atoms with Gasteiger partial charge in [-0.05, 0) is 44.4 Å². The van der Waals surface area contributed by atoms with Gasteiger partial charge in [0, 0.05) is 12.3 Å². The number of nitrogens with one attached hydrogen (secondary N) is 4. The summed E-state index contributed by atoms with van der Waals surface area (Å²) < 4.78 is 0. The minimum absolute atomic E-state index is 0.0158. The molecule has 0 saturated carbocycles. The van der Waals surface area contributed by atoms with E-state index in [0.717, 1.165) is 0 Å². The van der Waals surface area contributed by atoms with Crippen molar-refractivity contribution in [2.45, 2.75) is 90.5 Å². The second-order valence-corrected chi connectivity index (χ2v) is 10.6. The summed E-state index contributed by atoms with van der Waals surface area (Å²) >= 11 is 3.95. The Bertz CT molecular complexity index is 864. The maximum atomic E-state index is 13.3. The van der Waals surface area contributed by atoms with Gasteiger partial charge in [-0.15, -0.1) is 0 Å². The molecule has 0 aromatic heterocycles. The Morgan fingerprint density at radius 3 is 1.54 bits per heavy atom. The summed E-state index contributed by atoms with van der Waals surface area (Å²) in [6.07, 6.45) is 0.951. The Hall–Kier alpha value is -3.07. The SMILES string of the molecule is CC(C)C[C@H](NC(=O)[C@H](C)N)C(=O)N[C@@H](CC(C)C)C(=O)N[C@@H](CCCN=C(N)N)C(=O)N[C@@H](CS)C(=O)O.